The zero-order valence-corrected chi connectivity index (χ0v) is 31.2. The van der Waals surface area contributed by atoms with Crippen LogP contribution in [0.5, 0.6) is 0 Å². The van der Waals surface area contributed by atoms with Gasteiger partial charge < -0.3 is 4.90 Å². The molecular formula is C50H34N4S. The molecule has 0 N–H and O–H groups in total. The van der Waals surface area contributed by atoms with Crippen molar-refractivity contribution in [3.63, 3.8) is 0 Å². The molecule has 55 heavy (non-hydrogen) atoms. The molecule has 260 valence electrons. The van der Waals surface area contributed by atoms with E-state index in [1.54, 1.807) is 0 Å². The summed E-state index contributed by atoms with van der Waals surface area (Å²) >= 11 is 1.81. The molecule has 0 radical (unpaired) electrons. The monoisotopic (exact) mass is 722 g/mol. The van der Waals surface area contributed by atoms with Gasteiger partial charge in [0.05, 0.1) is 11.4 Å². The van der Waals surface area contributed by atoms with E-state index < -0.39 is 0 Å². The van der Waals surface area contributed by atoms with E-state index in [0.717, 1.165) is 22.4 Å². The normalized spacial score (nSPS) is 13.4. The van der Waals surface area contributed by atoms with Crippen LogP contribution in [0.3, 0.4) is 0 Å². The number of hydrogen-bond donors (Lipinski definition) is 0. The van der Waals surface area contributed by atoms with Crippen molar-refractivity contribution >= 4 is 70.1 Å². The zero-order valence-electron chi connectivity index (χ0n) is 30.4. The minimum atomic E-state index is -0.244. The van der Waals surface area contributed by atoms with Crippen LogP contribution in [0.15, 0.2) is 170 Å². The number of hydrogen-bond acceptors (Lipinski definition) is 5. The number of anilines is 3. The van der Waals surface area contributed by atoms with Crippen LogP contribution in [0.25, 0.3) is 75.9 Å². The van der Waals surface area contributed by atoms with E-state index >= 15 is 0 Å². The summed E-state index contributed by atoms with van der Waals surface area (Å²) in [7, 11) is 0. The van der Waals surface area contributed by atoms with Crippen molar-refractivity contribution in [1.82, 2.24) is 15.0 Å². The third-order valence-electron chi connectivity index (χ3n) is 11.2. The predicted molar refractivity (Wildman–Crippen MR) is 231 cm³/mol. The van der Waals surface area contributed by atoms with Gasteiger partial charge in [0, 0.05) is 53.4 Å². The molecule has 0 atom stereocenters. The molecule has 1 aliphatic rings. The third kappa shape index (κ3) is 4.93. The largest absolute Gasteiger partial charge is 0.309 e. The quantitative estimate of drug-likeness (QED) is 0.170. The highest BCUT2D eigenvalue weighted by molar-refractivity contribution is 7.25. The van der Waals surface area contributed by atoms with Crippen LogP contribution in [0, 0.1) is 0 Å². The first-order chi connectivity index (χ1) is 27.0. The molecule has 0 bridgehead atoms. The summed E-state index contributed by atoms with van der Waals surface area (Å²) in [5, 5.41) is 7.50. The van der Waals surface area contributed by atoms with Crippen molar-refractivity contribution < 1.29 is 0 Å². The number of nitrogens with zero attached hydrogens (tertiary/aromatic N) is 4. The van der Waals surface area contributed by atoms with Crippen LogP contribution in [0.2, 0.25) is 0 Å². The Kier molecular flexibility index (Phi) is 7.04. The van der Waals surface area contributed by atoms with E-state index in [1.807, 2.05) is 29.5 Å². The third-order valence-corrected chi connectivity index (χ3v) is 12.4. The molecule has 8 aromatic carbocycles. The summed E-state index contributed by atoms with van der Waals surface area (Å²) in [4.78, 5) is 17.9. The molecule has 3 heterocycles. The number of para-hydroxylation sites is 1. The average molecular weight is 723 g/mol. The standard InChI is InChI=1S/C50H34N4S/c1-50(2)41-24-11-12-25-42(41)54(46-39-23-9-7-20-36(39)35-19-6-8-22-38(35)45(46)50)34-18-14-17-32(29-34)48-51-47(31-15-4-3-5-16-31)52-49(53-48)33-27-28-44-40(30-33)37-21-10-13-26-43(37)55-44/h3-30H,1-2H3. The number of rotatable bonds is 4. The molecule has 1 aliphatic heterocycles. The van der Waals surface area contributed by atoms with Crippen molar-refractivity contribution in [1.29, 1.82) is 0 Å². The molecule has 0 saturated carbocycles. The van der Waals surface area contributed by atoms with Gasteiger partial charge in [0.15, 0.2) is 17.5 Å². The molecule has 2 aromatic heterocycles. The fourth-order valence-corrected chi connectivity index (χ4v) is 9.79. The molecule has 0 amide bonds. The van der Waals surface area contributed by atoms with Gasteiger partial charge in [-0.1, -0.05) is 141 Å². The zero-order chi connectivity index (χ0) is 36.7. The lowest BCUT2D eigenvalue weighted by atomic mass is 9.70. The maximum absolute atomic E-state index is 5.22. The molecule has 10 aromatic rings. The van der Waals surface area contributed by atoms with Gasteiger partial charge in [0.25, 0.3) is 0 Å². The summed E-state index contributed by atoms with van der Waals surface area (Å²) in [6.45, 7) is 4.74. The fraction of sp³-hybridized carbons (Fsp3) is 0.0600. The number of fused-ring (bicyclic) bond motifs is 10. The predicted octanol–water partition coefficient (Wildman–Crippen LogP) is 13.7. The fourth-order valence-electron chi connectivity index (χ4n) is 8.71. The molecule has 0 fully saturated rings. The topological polar surface area (TPSA) is 41.9 Å². The van der Waals surface area contributed by atoms with Crippen LogP contribution in [-0.4, -0.2) is 15.0 Å². The highest BCUT2D eigenvalue weighted by atomic mass is 32.1. The van der Waals surface area contributed by atoms with Crippen molar-refractivity contribution in [2.45, 2.75) is 19.3 Å². The van der Waals surface area contributed by atoms with Crippen molar-refractivity contribution in [3.8, 4) is 34.2 Å². The van der Waals surface area contributed by atoms with E-state index in [4.69, 9.17) is 15.0 Å². The average Bonchev–Trinajstić information content (AvgIpc) is 3.62. The summed E-state index contributed by atoms with van der Waals surface area (Å²) in [6.07, 6.45) is 0. The Hall–Kier alpha value is -6.69. The van der Waals surface area contributed by atoms with E-state index in [0.29, 0.717) is 17.5 Å². The lowest BCUT2D eigenvalue weighted by Gasteiger charge is -2.43. The van der Waals surface area contributed by atoms with Gasteiger partial charge in [0.1, 0.15) is 0 Å². The minimum Gasteiger partial charge on any atom is -0.309 e. The van der Waals surface area contributed by atoms with Gasteiger partial charge in [-0.3, -0.25) is 0 Å². The Morgan fingerprint density at radius 3 is 1.78 bits per heavy atom. The highest BCUT2D eigenvalue weighted by Gasteiger charge is 2.39. The SMILES string of the molecule is CC1(C)c2ccccc2N(c2cccc(-c3nc(-c4ccccc4)nc(-c4ccc5sc6ccccc6c5c4)n3)c2)c2c1c1ccccc1c1ccccc21. The highest BCUT2D eigenvalue weighted by Crippen LogP contribution is 2.56. The first-order valence-electron chi connectivity index (χ1n) is 18.7. The Bertz CT molecular complexity index is 3140. The van der Waals surface area contributed by atoms with Crippen LogP contribution in [0.4, 0.5) is 17.1 Å². The molecule has 0 saturated heterocycles. The van der Waals surface area contributed by atoms with E-state index in [1.165, 1.54) is 64.2 Å². The second-order valence-electron chi connectivity index (χ2n) is 14.8. The molecule has 5 heteroatoms. The molecule has 11 rings (SSSR count). The van der Waals surface area contributed by atoms with Gasteiger partial charge >= 0.3 is 0 Å². The second kappa shape index (κ2) is 12.2. The Balaban J connectivity index is 1.14. The number of aromatic nitrogens is 3. The lowest BCUT2D eigenvalue weighted by molar-refractivity contribution is 0.639. The van der Waals surface area contributed by atoms with Crippen LogP contribution in [-0.2, 0) is 5.41 Å². The molecule has 0 unspecified atom stereocenters. The van der Waals surface area contributed by atoms with Gasteiger partial charge in [-0.25, -0.2) is 15.0 Å². The van der Waals surface area contributed by atoms with Crippen LogP contribution in [0.1, 0.15) is 25.0 Å². The minimum absolute atomic E-state index is 0.244. The number of thiophene rings is 1. The molecule has 0 spiro atoms. The Morgan fingerprint density at radius 1 is 0.436 bits per heavy atom. The van der Waals surface area contributed by atoms with E-state index in [2.05, 4.69) is 170 Å². The van der Waals surface area contributed by atoms with E-state index in [-0.39, 0.29) is 5.41 Å². The summed E-state index contributed by atoms with van der Waals surface area (Å²) in [5.41, 5.74) is 8.66. The van der Waals surface area contributed by atoms with Crippen molar-refractivity contribution in [2.24, 2.45) is 0 Å². The van der Waals surface area contributed by atoms with Crippen LogP contribution < -0.4 is 4.90 Å². The maximum Gasteiger partial charge on any atom is 0.164 e. The molecule has 4 nitrogen and oxygen atoms in total. The summed E-state index contributed by atoms with van der Waals surface area (Å²) < 4.78 is 2.53. The van der Waals surface area contributed by atoms with Gasteiger partial charge in [-0.15, -0.1) is 11.3 Å². The van der Waals surface area contributed by atoms with Crippen molar-refractivity contribution in [3.05, 3.63) is 181 Å². The van der Waals surface area contributed by atoms with Crippen LogP contribution >= 0.6 is 11.3 Å². The summed E-state index contributed by atoms with van der Waals surface area (Å²) in [5.74, 6) is 1.93. The Morgan fingerprint density at radius 2 is 1.00 bits per heavy atom. The van der Waals surface area contributed by atoms with Crippen molar-refractivity contribution in [2.75, 3.05) is 4.90 Å². The number of benzene rings is 8. The first-order valence-corrected chi connectivity index (χ1v) is 19.5. The Labute approximate surface area is 323 Å². The second-order valence-corrected chi connectivity index (χ2v) is 15.9. The maximum atomic E-state index is 5.22. The molecule has 0 aliphatic carbocycles. The smallest absolute Gasteiger partial charge is 0.164 e. The molecular weight excluding hydrogens is 689 g/mol. The lowest BCUT2D eigenvalue weighted by Crippen LogP contribution is -2.31. The van der Waals surface area contributed by atoms with Gasteiger partial charge in [-0.05, 0) is 69.8 Å². The first kappa shape index (κ1) is 31.8. The summed E-state index contributed by atoms with van der Waals surface area (Å²) in [6, 6.07) is 60.6. The van der Waals surface area contributed by atoms with Gasteiger partial charge in [-0.2, -0.15) is 0 Å². The van der Waals surface area contributed by atoms with E-state index in [9.17, 15) is 0 Å². The van der Waals surface area contributed by atoms with Gasteiger partial charge in [0.2, 0.25) is 0 Å².